The van der Waals surface area contributed by atoms with Gasteiger partial charge in [-0.05, 0) is 26.2 Å². The van der Waals surface area contributed by atoms with Crippen molar-refractivity contribution in [3.63, 3.8) is 0 Å². The summed E-state index contributed by atoms with van der Waals surface area (Å²) in [6.07, 6.45) is 5.91. The van der Waals surface area contributed by atoms with Crippen LogP contribution >= 0.6 is 0 Å². The van der Waals surface area contributed by atoms with Crippen LogP contribution in [0.2, 0.25) is 0 Å². The van der Waals surface area contributed by atoms with Gasteiger partial charge < -0.3 is 9.47 Å². The summed E-state index contributed by atoms with van der Waals surface area (Å²) in [7, 11) is 0. The molecule has 1 aliphatic heterocycles. The number of hydrogen-bond donors (Lipinski definition) is 0. The van der Waals surface area contributed by atoms with E-state index in [1.165, 1.54) is 6.42 Å². The van der Waals surface area contributed by atoms with Crippen molar-refractivity contribution in [2.75, 3.05) is 13.2 Å². The van der Waals surface area contributed by atoms with Crippen LogP contribution in [0.15, 0.2) is 0 Å². The fourth-order valence-corrected chi connectivity index (χ4v) is 2.50. The smallest absolute Gasteiger partial charge is 0.165 e. The first-order chi connectivity index (χ1) is 7.20. The lowest BCUT2D eigenvalue weighted by atomic mass is 9.84. The quantitative estimate of drug-likeness (QED) is 0.720. The maximum absolute atomic E-state index is 11.6. The molecule has 3 nitrogen and oxygen atoms in total. The zero-order valence-corrected chi connectivity index (χ0v) is 9.46. The Hall–Kier alpha value is -0.410. The van der Waals surface area contributed by atoms with Crippen LogP contribution in [0.25, 0.3) is 0 Å². The second-order valence-corrected chi connectivity index (χ2v) is 4.78. The largest absolute Gasteiger partial charge is 0.348 e. The van der Waals surface area contributed by atoms with Gasteiger partial charge in [-0.2, -0.15) is 0 Å². The molecule has 1 saturated heterocycles. The molecule has 1 saturated carbocycles. The van der Waals surface area contributed by atoms with Crippen molar-refractivity contribution < 1.29 is 14.3 Å². The van der Waals surface area contributed by atoms with Crippen LogP contribution in [-0.4, -0.2) is 24.8 Å². The molecule has 2 fully saturated rings. The fourth-order valence-electron chi connectivity index (χ4n) is 2.50. The van der Waals surface area contributed by atoms with Gasteiger partial charge in [0.15, 0.2) is 5.79 Å². The molecule has 0 aromatic rings. The zero-order valence-electron chi connectivity index (χ0n) is 9.46. The Bertz CT molecular complexity index is 231. The van der Waals surface area contributed by atoms with Crippen LogP contribution < -0.4 is 0 Å². The zero-order chi connectivity index (χ0) is 10.7. The van der Waals surface area contributed by atoms with Crippen LogP contribution in [0.4, 0.5) is 0 Å². The maximum Gasteiger partial charge on any atom is 0.165 e. The molecule has 15 heavy (non-hydrogen) atoms. The summed E-state index contributed by atoms with van der Waals surface area (Å²) in [6, 6.07) is 0. The molecule has 1 unspecified atom stereocenters. The third kappa shape index (κ3) is 2.79. The fraction of sp³-hybridized carbons (Fsp3) is 0.917. The second kappa shape index (κ2) is 4.62. The van der Waals surface area contributed by atoms with Crippen molar-refractivity contribution in [2.24, 2.45) is 5.92 Å². The Kier molecular flexibility index (Phi) is 3.42. The van der Waals surface area contributed by atoms with Crippen LogP contribution in [0.1, 0.15) is 45.4 Å². The number of carbonyl (C=O) groups excluding carboxylic acids is 1. The Labute approximate surface area is 91.1 Å². The van der Waals surface area contributed by atoms with Gasteiger partial charge in [-0.1, -0.05) is 6.42 Å². The SMILES string of the molecule is CC1(CCC2CCCCC2=O)OCCO1. The van der Waals surface area contributed by atoms with Gasteiger partial charge >= 0.3 is 0 Å². The molecule has 0 N–H and O–H groups in total. The summed E-state index contributed by atoms with van der Waals surface area (Å²) in [5.74, 6) is 0.295. The first-order valence-corrected chi connectivity index (χ1v) is 6.00. The Morgan fingerprint density at radius 1 is 1.33 bits per heavy atom. The summed E-state index contributed by atoms with van der Waals surface area (Å²) < 4.78 is 11.1. The number of ketones is 1. The normalized spacial score (nSPS) is 30.7. The summed E-state index contributed by atoms with van der Waals surface area (Å²) in [5.41, 5.74) is 0. The highest BCUT2D eigenvalue weighted by Crippen LogP contribution is 2.30. The van der Waals surface area contributed by atoms with Crippen molar-refractivity contribution >= 4 is 5.78 Å². The highest BCUT2D eigenvalue weighted by atomic mass is 16.7. The molecule has 3 heteroatoms. The molecule has 1 atom stereocenters. The lowest BCUT2D eigenvalue weighted by Crippen LogP contribution is -2.28. The van der Waals surface area contributed by atoms with E-state index in [-0.39, 0.29) is 5.92 Å². The van der Waals surface area contributed by atoms with E-state index in [1.54, 1.807) is 0 Å². The van der Waals surface area contributed by atoms with Gasteiger partial charge in [0.2, 0.25) is 0 Å². The molecule has 2 rings (SSSR count). The topological polar surface area (TPSA) is 35.5 Å². The van der Waals surface area contributed by atoms with E-state index < -0.39 is 5.79 Å². The Morgan fingerprint density at radius 2 is 2.07 bits per heavy atom. The third-order valence-corrected chi connectivity index (χ3v) is 3.53. The summed E-state index contributed by atoms with van der Waals surface area (Å²) >= 11 is 0. The lowest BCUT2D eigenvalue weighted by Gasteiger charge is -2.26. The van der Waals surface area contributed by atoms with E-state index in [2.05, 4.69) is 0 Å². The summed E-state index contributed by atoms with van der Waals surface area (Å²) in [5, 5.41) is 0. The number of Topliss-reactive ketones (excluding diaryl/α,β-unsaturated/α-hetero) is 1. The highest BCUT2D eigenvalue weighted by molar-refractivity contribution is 5.81. The summed E-state index contributed by atoms with van der Waals surface area (Å²) in [6.45, 7) is 3.36. The number of rotatable bonds is 3. The van der Waals surface area contributed by atoms with Crippen molar-refractivity contribution in [3.8, 4) is 0 Å². The molecule has 0 aromatic carbocycles. The van der Waals surface area contributed by atoms with Crippen LogP contribution in [0.3, 0.4) is 0 Å². The van der Waals surface area contributed by atoms with Gasteiger partial charge in [-0.15, -0.1) is 0 Å². The van der Waals surface area contributed by atoms with Gasteiger partial charge in [0, 0.05) is 18.8 Å². The van der Waals surface area contributed by atoms with Crippen molar-refractivity contribution in [2.45, 2.75) is 51.2 Å². The molecule has 0 radical (unpaired) electrons. The standard InChI is InChI=1S/C12H20O3/c1-12(14-8-9-15-12)7-6-10-4-2-3-5-11(10)13/h10H,2-9H2,1H3. The van der Waals surface area contributed by atoms with Crippen molar-refractivity contribution in [1.82, 2.24) is 0 Å². The minimum Gasteiger partial charge on any atom is -0.348 e. The molecule has 0 bridgehead atoms. The third-order valence-electron chi connectivity index (χ3n) is 3.53. The van der Waals surface area contributed by atoms with Crippen molar-refractivity contribution in [3.05, 3.63) is 0 Å². The van der Waals surface area contributed by atoms with E-state index in [4.69, 9.17) is 9.47 Å². The maximum atomic E-state index is 11.6. The van der Waals surface area contributed by atoms with E-state index in [1.807, 2.05) is 6.92 Å². The monoisotopic (exact) mass is 212 g/mol. The van der Waals surface area contributed by atoms with E-state index >= 15 is 0 Å². The first kappa shape index (κ1) is 11.1. The highest BCUT2D eigenvalue weighted by Gasteiger charge is 2.33. The van der Waals surface area contributed by atoms with E-state index in [0.29, 0.717) is 19.0 Å². The van der Waals surface area contributed by atoms with Gasteiger partial charge in [-0.3, -0.25) is 4.79 Å². The van der Waals surface area contributed by atoms with E-state index in [9.17, 15) is 4.79 Å². The van der Waals surface area contributed by atoms with Crippen LogP contribution in [0, 0.1) is 5.92 Å². The number of hydrogen-bond acceptors (Lipinski definition) is 3. The lowest BCUT2D eigenvalue weighted by molar-refractivity contribution is -0.151. The first-order valence-electron chi connectivity index (χ1n) is 6.00. The molecular formula is C12H20O3. The molecule has 86 valence electrons. The minimum absolute atomic E-state index is 0.267. The average molecular weight is 212 g/mol. The molecule has 0 spiro atoms. The molecule has 1 heterocycles. The molecule has 0 amide bonds. The van der Waals surface area contributed by atoms with E-state index in [0.717, 1.165) is 32.1 Å². The van der Waals surface area contributed by atoms with Crippen LogP contribution in [-0.2, 0) is 14.3 Å². The predicted molar refractivity (Wildman–Crippen MR) is 56.5 cm³/mol. The molecule has 2 aliphatic rings. The second-order valence-electron chi connectivity index (χ2n) is 4.78. The van der Waals surface area contributed by atoms with Gasteiger partial charge in [-0.25, -0.2) is 0 Å². The van der Waals surface area contributed by atoms with Crippen molar-refractivity contribution in [1.29, 1.82) is 0 Å². The minimum atomic E-state index is -0.419. The predicted octanol–water partition coefficient (Wildman–Crippen LogP) is 2.29. The summed E-state index contributed by atoms with van der Waals surface area (Å²) in [4.78, 5) is 11.6. The van der Waals surface area contributed by atoms with Crippen LogP contribution in [0.5, 0.6) is 0 Å². The average Bonchev–Trinajstić information content (AvgIpc) is 2.65. The molecular weight excluding hydrogens is 192 g/mol. The molecule has 1 aliphatic carbocycles. The number of carbonyl (C=O) groups is 1. The van der Waals surface area contributed by atoms with Gasteiger partial charge in [0.25, 0.3) is 0 Å². The van der Waals surface area contributed by atoms with Gasteiger partial charge in [0.05, 0.1) is 13.2 Å². The Morgan fingerprint density at radius 3 is 2.73 bits per heavy atom. The number of ether oxygens (including phenoxy) is 2. The van der Waals surface area contributed by atoms with Gasteiger partial charge in [0.1, 0.15) is 5.78 Å². The Balaban J connectivity index is 1.78. The molecule has 0 aromatic heterocycles.